The molecule has 7 nitrogen and oxygen atoms in total. The highest BCUT2D eigenvalue weighted by Gasteiger charge is 2.23. The van der Waals surface area contributed by atoms with Crippen molar-refractivity contribution in [3.05, 3.63) is 66.9 Å². The second-order valence-corrected chi connectivity index (χ2v) is 6.76. The molecule has 126 valence electrons. The minimum absolute atomic E-state index is 0.0890. The summed E-state index contributed by atoms with van der Waals surface area (Å²) in [6, 6.07) is 11.4. The molecular weight excluding hydrogens is 330 g/mol. The molecule has 0 saturated heterocycles. The van der Waals surface area contributed by atoms with Crippen LogP contribution in [-0.4, -0.2) is 31.9 Å². The Kier molecular flexibility index (Phi) is 4.68. The molecule has 1 aromatic carbocycles. The normalized spacial score (nSPS) is 12.9. The molecule has 3 aromatic rings. The van der Waals surface area contributed by atoms with Crippen molar-refractivity contribution in [2.24, 2.45) is 0 Å². The lowest BCUT2D eigenvalue weighted by molar-refractivity contribution is 0.397. The average molecular weight is 347 g/mol. The lowest BCUT2D eigenvalue weighted by atomic mass is 10.2. The predicted octanol–water partition coefficient (Wildman–Crippen LogP) is 2.05. The van der Waals surface area contributed by atoms with Crippen molar-refractivity contribution in [3.8, 4) is 5.75 Å². The van der Waals surface area contributed by atoms with Crippen molar-refractivity contribution >= 4 is 10.0 Å². The fourth-order valence-electron chi connectivity index (χ4n) is 2.38. The summed E-state index contributed by atoms with van der Waals surface area (Å²) in [4.78, 5) is 0.0890. The number of methoxy groups -OCH3 is 1. The lowest BCUT2D eigenvalue weighted by Gasteiger charge is -2.17. The Morgan fingerprint density at radius 2 is 2.08 bits per heavy atom. The summed E-state index contributed by atoms with van der Waals surface area (Å²) in [5.74, 6) is 0.903. The highest BCUT2D eigenvalue weighted by molar-refractivity contribution is 7.89. The molecule has 24 heavy (non-hydrogen) atoms. The molecule has 0 unspecified atom stereocenters. The van der Waals surface area contributed by atoms with Crippen LogP contribution >= 0.6 is 0 Å². The maximum Gasteiger partial charge on any atom is 0.244 e. The van der Waals surface area contributed by atoms with E-state index in [-0.39, 0.29) is 17.5 Å². The Labute approximate surface area is 139 Å². The SMILES string of the molecule is COc1ccccc1S(=O)(=O)NC[C@@H](c1ccco1)n1cccn1. The van der Waals surface area contributed by atoms with E-state index in [0.717, 1.165) is 0 Å². The van der Waals surface area contributed by atoms with Gasteiger partial charge in [0.05, 0.1) is 13.4 Å². The van der Waals surface area contributed by atoms with Crippen molar-refractivity contribution in [1.29, 1.82) is 0 Å². The number of rotatable bonds is 7. The summed E-state index contributed by atoms with van der Waals surface area (Å²) < 4.78 is 40.0. The molecule has 0 aliphatic heterocycles. The number of aromatic nitrogens is 2. The number of nitrogens with zero attached hydrogens (tertiary/aromatic N) is 2. The van der Waals surface area contributed by atoms with Gasteiger partial charge in [0.2, 0.25) is 10.0 Å². The quantitative estimate of drug-likeness (QED) is 0.707. The smallest absolute Gasteiger partial charge is 0.244 e. The Hall–Kier alpha value is -2.58. The van der Waals surface area contributed by atoms with E-state index in [1.807, 2.05) is 0 Å². The van der Waals surface area contributed by atoms with Gasteiger partial charge in [0.15, 0.2) is 0 Å². The number of hydrogen-bond donors (Lipinski definition) is 1. The first-order valence-electron chi connectivity index (χ1n) is 7.27. The first kappa shape index (κ1) is 16.3. The topological polar surface area (TPSA) is 86.4 Å². The maximum absolute atomic E-state index is 12.6. The van der Waals surface area contributed by atoms with Gasteiger partial charge < -0.3 is 9.15 Å². The standard InChI is InChI=1S/C16H17N3O4S/c1-22-15-6-2-3-8-16(15)24(20,21)18-12-13(14-7-4-11-23-14)19-10-5-9-17-19/h2-11,13,18H,12H2,1H3/t13-/m0/s1. The third-order valence-electron chi connectivity index (χ3n) is 3.54. The maximum atomic E-state index is 12.6. The second kappa shape index (κ2) is 6.90. The number of furan rings is 1. The third-order valence-corrected chi connectivity index (χ3v) is 5.00. The van der Waals surface area contributed by atoms with Crippen molar-refractivity contribution in [1.82, 2.24) is 14.5 Å². The molecule has 2 heterocycles. The van der Waals surface area contributed by atoms with Crippen LogP contribution in [0.5, 0.6) is 5.75 Å². The van der Waals surface area contributed by atoms with Crippen LogP contribution in [0.3, 0.4) is 0 Å². The number of para-hydroxylation sites is 1. The van der Waals surface area contributed by atoms with Gasteiger partial charge in [-0.1, -0.05) is 12.1 Å². The van der Waals surface area contributed by atoms with Gasteiger partial charge in [0, 0.05) is 18.9 Å². The van der Waals surface area contributed by atoms with E-state index >= 15 is 0 Å². The number of nitrogens with one attached hydrogen (secondary N) is 1. The van der Waals surface area contributed by atoms with Gasteiger partial charge in [-0.15, -0.1) is 0 Å². The van der Waals surface area contributed by atoms with Gasteiger partial charge in [-0.05, 0) is 30.3 Å². The van der Waals surface area contributed by atoms with E-state index in [2.05, 4.69) is 9.82 Å². The van der Waals surface area contributed by atoms with Crippen LogP contribution in [0, 0.1) is 0 Å². The fourth-order valence-corrected chi connectivity index (χ4v) is 3.58. The number of ether oxygens (including phenoxy) is 1. The molecule has 0 aliphatic rings. The predicted molar refractivity (Wildman–Crippen MR) is 87.3 cm³/mol. The van der Waals surface area contributed by atoms with Crippen molar-refractivity contribution < 1.29 is 17.6 Å². The molecule has 8 heteroatoms. The average Bonchev–Trinajstić information content (AvgIpc) is 3.29. The molecule has 0 saturated carbocycles. The fraction of sp³-hybridized carbons (Fsp3) is 0.188. The number of sulfonamides is 1. The highest BCUT2D eigenvalue weighted by Crippen LogP contribution is 2.24. The summed E-state index contributed by atoms with van der Waals surface area (Å²) in [6.45, 7) is 0.0928. The van der Waals surface area contributed by atoms with Crippen LogP contribution in [0.25, 0.3) is 0 Å². The van der Waals surface area contributed by atoms with Gasteiger partial charge in [-0.3, -0.25) is 4.68 Å². The van der Waals surface area contributed by atoms with Gasteiger partial charge in [-0.2, -0.15) is 5.10 Å². The summed E-state index contributed by atoms with van der Waals surface area (Å²) in [5.41, 5.74) is 0. The third kappa shape index (κ3) is 3.34. The Morgan fingerprint density at radius 1 is 1.25 bits per heavy atom. The van der Waals surface area contributed by atoms with Gasteiger partial charge in [-0.25, -0.2) is 13.1 Å². The second-order valence-electron chi connectivity index (χ2n) is 5.02. The molecule has 0 fully saturated rings. The van der Waals surface area contributed by atoms with Gasteiger partial charge in [0.1, 0.15) is 22.4 Å². The van der Waals surface area contributed by atoms with Gasteiger partial charge >= 0.3 is 0 Å². The van der Waals surface area contributed by atoms with Crippen LogP contribution in [0.4, 0.5) is 0 Å². The van der Waals surface area contributed by atoms with Crippen LogP contribution < -0.4 is 9.46 Å². The van der Waals surface area contributed by atoms with E-state index in [4.69, 9.17) is 9.15 Å². The first-order valence-corrected chi connectivity index (χ1v) is 8.75. The molecule has 0 radical (unpaired) electrons. The minimum Gasteiger partial charge on any atom is -0.495 e. The summed E-state index contributed by atoms with van der Waals surface area (Å²) >= 11 is 0. The summed E-state index contributed by atoms with van der Waals surface area (Å²) in [5, 5.41) is 4.18. The lowest BCUT2D eigenvalue weighted by Crippen LogP contribution is -2.31. The largest absolute Gasteiger partial charge is 0.495 e. The Bertz CT molecular complexity index is 840. The molecule has 0 amide bonds. The molecule has 1 N–H and O–H groups in total. The van der Waals surface area contributed by atoms with Crippen molar-refractivity contribution in [2.75, 3.05) is 13.7 Å². The van der Waals surface area contributed by atoms with E-state index < -0.39 is 10.0 Å². The molecule has 0 bridgehead atoms. The van der Waals surface area contributed by atoms with Crippen molar-refractivity contribution in [2.45, 2.75) is 10.9 Å². The monoisotopic (exact) mass is 347 g/mol. The van der Waals surface area contributed by atoms with Crippen LogP contribution in [-0.2, 0) is 10.0 Å². The van der Waals surface area contributed by atoms with Crippen LogP contribution in [0.15, 0.2) is 70.4 Å². The van der Waals surface area contributed by atoms with Crippen LogP contribution in [0.1, 0.15) is 11.8 Å². The van der Waals surface area contributed by atoms with E-state index in [1.54, 1.807) is 59.7 Å². The Morgan fingerprint density at radius 3 is 2.75 bits per heavy atom. The van der Waals surface area contributed by atoms with Crippen molar-refractivity contribution in [3.63, 3.8) is 0 Å². The minimum atomic E-state index is -3.74. The summed E-state index contributed by atoms with van der Waals surface area (Å²) in [6.07, 6.45) is 4.93. The zero-order valence-corrected chi connectivity index (χ0v) is 13.8. The summed E-state index contributed by atoms with van der Waals surface area (Å²) in [7, 11) is -2.30. The number of hydrogen-bond acceptors (Lipinski definition) is 5. The Balaban J connectivity index is 1.84. The zero-order valence-electron chi connectivity index (χ0n) is 13.0. The first-order chi connectivity index (χ1) is 11.6. The zero-order chi connectivity index (χ0) is 17.0. The molecule has 3 rings (SSSR count). The molecule has 0 spiro atoms. The van der Waals surface area contributed by atoms with E-state index in [0.29, 0.717) is 11.5 Å². The van der Waals surface area contributed by atoms with E-state index in [1.165, 1.54) is 13.2 Å². The van der Waals surface area contributed by atoms with Gasteiger partial charge in [0.25, 0.3) is 0 Å². The number of benzene rings is 1. The van der Waals surface area contributed by atoms with Crippen LogP contribution in [0.2, 0.25) is 0 Å². The molecule has 1 atom stereocenters. The molecular formula is C16H17N3O4S. The van der Waals surface area contributed by atoms with E-state index in [9.17, 15) is 8.42 Å². The highest BCUT2D eigenvalue weighted by atomic mass is 32.2. The molecule has 2 aromatic heterocycles. The molecule has 0 aliphatic carbocycles.